The zero-order chi connectivity index (χ0) is 12.3. The molecule has 1 unspecified atom stereocenters. The molecule has 0 saturated heterocycles. The first-order valence-corrected chi connectivity index (χ1v) is 5.79. The highest BCUT2D eigenvalue weighted by Gasteiger charge is 2.14. The second-order valence-electron chi connectivity index (χ2n) is 3.52. The summed E-state index contributed by atoms with van der Waals surface area (Å²) in [7, 11) is 1.72. The standard InChI is InChI=1S/C9H12BrN7/c1-17-15-9(14-16-17)4-8(13-11)7-3-2-6(10)5-12-7/h2-3,5,8,13H,4,11H2,1H3. The maximum absolute atomic E-state index is 5.51. The largest absolute Gasteiger partial charge is 0.271 e. The average molecular weight is 298 g/mol. The number of aromatic nitrogens is 5. The van der Waals surface area contributed by atoms with Crippen molar-refractivity contribution in [3.05, 3.63) is 34.3 Å². The van der Waals surface area contributed by atoms with Crippen LogP contribution in [-0.2, 0) is 13.5 Å². The topological polar surface area (TPSA) is 94.5 Å². The van der Waals surface area contributed by atoms with Crippen molar-refractivity contribution in [2.75, 3.05) is 0 Å². The number of hydrogen-bond donors (Lipinski definition) is 2. The monoisotopic (exact) mass is 297 g/mol. The van der Waals surface area contributed by atoms with Crippen LogP contribution in [0.2, 0.25) is 0 Å². The quantitative estimate of drug-likeness (QED) is 0.615. The normalized spacial score (nSPS) is 12.6. The summed E-state index contributed by atoms with van der Waals surface area (Å²) in [5.41, 5.74) is 3.54. The molecule has 0 fully saturated rings. The van der Waals surface area contributed by atoms with E-state index in [2.05, 4.69) is 41.8 Å². The fourth-order valence-corrected chi connectivity index (χ4v) is 1.66. The SMILES string of the molecule is Cn1nnc(CC(NN)c2ccc(Br)cn2)n1. The molecule has 17 heavy (non-hydrogen) atoms. The fraction of sp³-hybridized carbons (Fsp3) is 0.333. The minimum absolute atomic E-state index is 0.132. The molecule has 0 aliphatic heterocycles. The molecule has 2 aromatic heterocycles. The number of rotatable bonds is 4. The second-order valence-corrected chi connectivity index (χ2v) is 4.44. The molecule has 2 rings (SSSR count). The lowest BCUT2D eigenvalue weighted by Crippen LogP contribution is -2.30. The first-order valence-electron chi connectivity index (χ1n) is 4.99. The van der Waals surface area contributed by atoms with Gasteiger partial charge in [-0.05, 0) is 33.3 Å². The molecule has 0 saturated carbocycles. The maximum atomic E-state index is 5.51. The molecule has 7 nitrogen and oxygen atoms in total. The molecule has 1 atom stereocenters. The zero-order valence-electron chi connectivity index (χ0n) is 9.21. The molecule has 0 spiro atoms. The Morgan fingerprint density at radius 2 is 2.35 bits per heavy atom. The lowest BCUT2D eigenvalue weighted by atomic mass is 10.1. The van der Waals surface area contributed by atoms with Crippen LogP contribution in [-0.4, -0.2) is 25.2 Å². The Kier molecular flexibility index (Phi) is 3.77. The van der Waals surface area contributed by atoms with Crippen LogP contribution in [0.4, 0.5) is 0 Å². The van der Waals surface area contributed by atoms with Crippen molar-refractivity contribution >= 4 is 15.9 Å². The molecule has 2 aromatic rings. The minimum Gasteiger partial charge on any atom is -0.271 e. The van der Waals surface area contributed by atoms with Crippen LogP contribution in [0, 0.1) is 0 Å². The van der Waals surface area contributed by atoms with Crippen molar-refractivity contribution in [2.24, 2.45) is 12.9 Å². The molecule has 90 valence electrons. The number of hydrazine groups is 1. The predicted octanol–water partition coefficient (Wildman–Crippen LogP) is 0.115. The summed E-state index contributed by atoms with van der Waals surface area (Å²) in [6, 6.07) is 3.68. The van der Waals surface area contributed by atoms with E-state index < -0.39 is 0 Å². The van der Waals surface area contributed by atoms with Gasteiger partial charge in [0.2, 0.25) is 0 Å². The maximum Gasteiger partial charge on any atom is 0.176 e. The smallest absolute Gasteiger partial charge is 0.176 e. The van der Waals surface area contributed by atoms with Crippen LogP contribution >= 0.6 is 15.9 Å². The van der Waals surface area contributed by atoms with Gasteiger partial charge in [0.1, 0.15) is 0 Å². The number of hydrogen-bond acceptors (Lipinski definition) is 6. The van der Waals surface area contributed by atoms with Gasteiger partial charge in [0.05, 0.1) is 18.8 Å². The van der Waals surface area contributed by atoms with Gasteiger partial charge < -0.3 is 0 Å². The van der Waals surface area contributed by atoms with Crippen LogP contribution in [0.3, 0.4) is 0 Å². The van der Waals surface area contributed by atoms with Crippen molar-refractivity contribution in [1.82, 2.24) is 30.6 Å². The van der Waals surface area contributed by atoms with E-state index in [0.29, 0.717) is 12.2 Å². The Hall–Kier alpha value is -1.38. The number of halogens is 1. The molecule has 0 aromatic carbocycles. The van der Waals surface area contributed by atoms with Crippen molar-refractivity contribution in [2.45, 2.75) is 12.5 Å². The van der Waals surface area contributed by atoms with Crippen molar-refractivity contribution in [1.29, 1.82) is 0 Å². The van der Waals surface area contributed by atoms with E-state index in [-0.39, 0.29) is 6.04 Å². The number of nitrogens with two attached hydrogens (primary N) is 1. The van der Waals surface area contributed by atoms with E-state index in [0.717, 1.165) is 10.2 Å². The third-order valence-electron chi connectivity index (χ3n) is 2.24. The van der Waals surface area contributed by atoms with Crippen LogP contribution in [0.5, 0.6) is 0 Å². The first kappa shape index (κ1) is 12.1. The van der Waals surface area contributed by atoms with E-state index >= 15 is 0 Å². The molecule has 0 radical (unpaired) electrons. The molecule has 0 bridgehead atoms. The molecule has 0 aliphatic rings. The summed E-state index contributed by atoms with van der Waals surface area (Å²) in [6.45, 7) is 0. The van der Waals surface area contributed by atoms with E-state index in [9.17, 15) is 0 Å². The van der Waals surface area contributed by atoms with Crippen molar-refractivity contribution in [3.63, 3.8) is 0 Å². The van der Waals surface area contributed by atoms with Gasteiger partial charge >= 0.3 is 0 Å². The van der Waals surface area contributed by atoms with E-state index in [4.69, 9.17) is 5.84 Å². The number of nitrogens with one attached hydrogen (secondary N) is 1. The Morgan fingerprint density at radius 1 is 1.53 bits per heavy atom. The minimum atomic E-state index is -0.132. The Balaban J connectivity index is 2.13. The third kappa shape index (κ3) is 3.05. The summed E-state index contributed by atoms with van der Waals surface area (Å²) >= 11 is 3.33. The lowest BCUT2D eigenvalue weighted by molar-refractivity contribution is 0.524. The Labute approximate surface area is 107 Å². The number of pyridine rings is 1. The molecular weight excluding hydrogens is 286 g/mol. The molecule has 2 heterocycles. The third-order valence-corrected chi connectivity index (χ3v) is 2.71. The van der Waals surface area contributed by atoms with Crippen LogP contribution < -0.4 is 11.3 Å². The highest BCUT2D eigenvalue weighted by molar-refractivity contribution is 9.10. The molecule has 0 aliphatic carbocycles. The zero-order valence-corrected chi connectivity index (χ0v) is 10.8. The van der Waals surface area contributed by atoms with E-state index in [1.54, 1.807) is 13.2 Å². The predicted molar refractivity (Wildman–Crippen MR) is 64.5 cm³/mol. The van der Waals surface area contributed by atoms with Gasteiger partial charge in [-0.3, -0.25) is 16.3 Å². The highest BCUT2D eigenvalue weighted by Crippen LogP contribution is 2.15. The van der Waals surface area contributed by atoms with Gasteiger partial charge in [0.15, 0.2) is 5.82 Å². The lowest BCUT2D eigenvalue weighted by Gasteiger charge is -2.12. The summed E-state index contributed by atoms with van der Waals surface area (Å²) in [6.07, 6.45) is 2.27. The van der Waals surface area contributed by atoms with Gasteiger partial charge in [-0.15, -0.1) is 10.2 Å². The second kappa shape index (κ2) is 5.30. The van der Waals surface area contributed by atoms with Crippen molar-refractivity contribution in [3.8, 4) is 0 Å². The summed E-state index contributed by atoms with van der Waals surface area (Å²) in [5.74, 6) is 6.14. The number of nitrogens with zero attached hydrogens (tertiary/aromatic N) is 5. The summed E-state index contributed by atoms with van der Waals surface area (Å²) in [5, 5.41) is 11.8. The van der Waals surface area contributed by atoms with Gasteiger partial charge in [0.25, 0.3) is 0 Å². The highest BCUT2D eigenvalue weighted by atomic mass is 79.9. The summed E-state index contributed by atoms with van der Waals surface area (Å²) in [4.78, 5) is 5.69. The first-order chi connectivity index (χ1) is 8.19. The molecule has 0 amide bonds. The summed E-state index contributed by atoms with van der Waals surface area (Å²) < 4.78 is 0.926. The Morgan fingerprint density at radius 3 is 2.88 bits per heavy atom. The molecule has 8 heteroatoms. The van der Waals surface area contributed by atoms with Gasteiger partial charge in [-0.25, -0.2) is 0 Å². The van der Waals surface area contributed by atoms with Crippen LogP contribution in [0.25, 0.3) is 0 Å². The van der Waals surface area contributed by atoms with Gasteiger partial charge in [0, 0.05) is 17.1 Å². The average Bonchev–Trinajstić information content (AvgIpc) is 2.73. The van der Waals surface area contributed by atoms with Crippen LogP contribution in [0.15, 0.2) is 22.8 Å². The van der Waals surface area contributed by atoms with E-state index in [1.807, 2.05) is 12.1 Å². The van der Waals surface area contributed by atoms with Gasteiger partial charge in [-0.1, -0.05) is 0 Å². The number of aryl methyl sites for hydroxylation is 1. The van der Waals surface area contributed by atoms with Crippen molar-refractivity contribution < 1.29 is 0 Å². The molecular formula is C9H12BrN7. The fourth-order valence-electron chi connectivity index (χ4n) is 1.43. The van der Waals surface area contributed by atoms with Gasteiger partial charge in [-0.2, -0.15) is 4.80 Å². The number of tetrazole rings is 1. The Bertz CT molecular complexity index is 480. The van der Waals surface area contributed by atoms with E-state index in [1.165, 1.54) is 4.80 Å². The van der Waals surface area contributed by atoms with Crippen LogP contribution in [0.1, 0.15) is 17.6 Å². The molecule has 3 N–H and O–H groups in total.